The Morgan fingerprint density at radius 1 is 1.67 bits per heavy atom. The number of nitriles is 1. The third-order valence-electron chi connectivity index (χ3n) is 1.86. The predicted molar refractivity (Wildman–Crippen MR) is 54.8 cm³/mol. The van der Waals surface area contributed by atoms with E-state index in [2.05, 4.69) is 10.1 Å². The topological polar surface area (TPSA) is 88.1 Å². The van der Waals surface area contributed by atoms with Crippen molar-refractivity contribution in [2.75, 3.05) is 12.8 Å². The molecule has 0 aliphatic heterocycles. The summed E-state index contributed by atoms with van der Waals surface area (Å²) in [7, 11) is 1.29. The lowest BCUT2D eigenvalue weighted by molar-refractivity contribution is 0.170. The summed E-state index contributed by atoms with van der Waals surface area (Å²) in [6.45, 7) is 0.307. The fourth-order valence-electron chi connectivity index (χ4n) is 1.06. The molecule has 0 radical (unpaired) electrons. The zero-order chi connectivity index (χ0) is 11.3. The molecule has 78 valence electrons. The Morgan fingerprint density at radius 3 is 3.00 bits per heavy atom. The van der Waals surface area contributed by atoms with Crippen molar-refractivity contribution in [1.82, 2.24) is 5.32 Å². The van der Waals surface area contributed by atoms with E-state index in [0.717, 1.165) is 5.56 Å². The lowest BCUT2D eigenvalue weighted by Crippen LogP contribution is -2.22. The molecule has 0 saturated heterocycles. The van der Waals surface area contributed by atoms with Crippen molar-refractivity contribution < 1.29 is 9.53 Å². The highest BCUT2D eigenvalue weighted by atomic mass is 16.5. The number of rotatable bonds is 2. The van der Waals surface area contributed by atoms with Crippen molar-refractivity contribution in [1.29, 1.82) is 5.26 Å². The highest BCUT2D eigenvalue weighted by Gasteiger charge is 2.02. The van der Waals surface area contributed by atoms with Gasteiger partial charge in [0.1, 0.15) is 6.07 Å². The van der Waals surface area contributed by atoms with Crippen LogP contribution in [0.3, 0.4) is 0 Å². The van der Waals surface area contributed by atoms with E-state index in [-0.39, 0.29) is 0 Å². The van der Waals surface area contributed by atoms with E-state index in [1.165, 1.54) is 7.11 Å². The molecule has 5 nitrogen and oxygen atoms in total. The maximum absolute atomic E-state index is 10.8. The van der Waals surface area contributed by atoms with Gasteiger partial charge in [-0.05, 0) is 17.7 Å². The number of hydrogen-bond acceptors (Lipinski definition) is 4. The molecule has 0 atom stereocenters. The van der Waals surface area contributed by atoms with E-state index in [9.17, 15) is 4.79 Å². The number of carbonyl (C=O) groups excluding carboxylic acids is 1. The van der Waals surface area contributed by atoms with E-state index in [1.807, 2.05) is 6.07 Å². The summed E-state index contributed by atoms with van der Waals surface area (Å²) in [5, 5.41) is 11.2. The van der Waals surface area contributed by atoms with Crippen LogP contribution in [-0.4, -0.2) is 13.2 Å². The van der Waals surface area contributed by atoms with Crippen molar-refractivity contribution in [3.05, 3.63) is 29.3 Å². The molecular formula is C10H11N3O2. The van der Waals surface area contributed by atoms with E-state index >= 15 is 0 Å². The second kappa shape index (κ2) is 4.86. The molecule has 1 aromatic carbocycles. The van der Waals surface area contributed by atoms with Gasteiger partial charge in [-0.3, -0.25) is 0 Å². The third-order valence-corrected chi connectivity index (χ3v) is 1.86. The van der Waals surface area contributed by atoms with Crippen LogP contribution >= 0.6 is 0 Å². The summed E-state index contributed by atoms with van der Waals surface area (Å²) in [5.41, 5.74) is 7.18. The Labute approximate surface area is 87.4 Å². The number of anilines is 1. The quantitative estimate of drug-likeness (QED) is 0.705. The van der Waals surface area contributed by atoms with Crippen LogP contribution in [0.25, 0.3) is 0 Å². The first-order valence-corrected chi connectivity index (χ1v) is 4.27. The number of methoxy groups -OCH3 is 1. The smallest absolute Gasteiger partial charge is 0.407 e. The highest BCUT2D eigenvalue weighted by Crippen LogP contribution is 2.12. The zero-order valence-electron chi connectivity index (χ0n) is 8.28. The first-order chi connectivity index (χ1) is 7.17. The molecule has 0 heterocycles. The van der Waals surface area contributed by atoms with Gasteiger partial charge in [-0.25, -0.2) is 4.79 Å². The fraction of sp³-hybridized carbons (Fsp3) is 0.200. The largest absolute Gasteiger partial charge is 0.453 e. The van der Waals surface area contributed by atoms with Gasteiger partial charge in [-0.1, -0.05) is 6.07 Å². The Morgan fingerprint density at radius 2 is 2.40 bits per heavy atom. The number of carbonyl (C=O) groups is 1. The van der Waals surface area contributed by atoms with Gasteiger partial charge < -0.3 is 15.8 Å². The van der Waals surface area contributed by atoms with Crippen LogP contribution in [0.5, 0.6) is 0 Å². The van der Waals surface area contributed by atoms with Crippen LogP contribution in [0.15, 0.2) is 18.2 Å². The highest BCUT2D eigenvalue weighted by molar-refractivity contribution is 5.67. The number of benzene rings is 1. The molecule has 0 unspecified atom stereocenters. The van der Waals surface area contributed by atoms with E-state index in [0.29, 0.717) is 17.8 Å². The van der Waals surface area contributed by atoms with Gasteiger partial charge in [-0.15, -0.1) is 0 Å². The van der Waals surface area contributed by atoms with Gasteiger partial charge in [-0.2, -0.15) is 5.26 Å². The molecule has 1 amide bonds. The lowest BCUT2D eigenvalue weighted by Gasteiger charge is -2.05. The number of nitrogens with zero attached hydrogens (tertiary/aromatic N) is 1. The number of hydrogen-bond donors (Lipinski definition) is 2. The average molecular weight is 205 g/mol. The van der Waals surface area contributed by atoms with Crippen LogP contribution in [0.4, 0.5) is 10.5 Å². The molecule has 0 saturated carbocycles. The molecule has 0 aliphatic rings. The van der Waals surface area contributed by atoms with E-state index < -0.39 is 6.09 Å². The minimum atomic E-state index is -0.509. The van der Waals surface area contributed by atoms with Crippen LogP contribution in [0, 0.1) is 11.3 Å². The number of nitrogens with one attached hydrogen (secondary N) is 1. The standard InChI is InChI=1S/C10H11N3O2/c1-15-10(14)13-6-7-2-3-9(12)8(4-7)5-11/h2-4H,6,12H2,1H3,(H,13,14). The number of alkyl carbamates (subject to hydrolysis) is 1. The van der Waals surface area contributed by atoms with Crippen molar-refractivity contribution in [3.63, 3.8) is 0 Å². The molecule has 0 aromatic heterocycles. The van der Waals surface area contributed by atoms with Crippen molar-refractivity contribution >= 4 is 11.8 Å². The number of nitrogens with two attached hydrogens (primary N) is 1. The van der Waals surface area contributed by atoms with E-state index in [4.69, 9.17) is 11.0 Å². The minimum Gasteiger partial charge on any atom is -0.453 e. The summed E-state index contributed by atoms with van der Waals surface area (Å²) in [4.78, 5) is 10.8. The van der Waals surface area contributed by atoms with Crippen LogP contribution in [0.2, 0.25) is 0 Å². The molecule has 1 aromatic rings. The van der Waals surface area contributed by atoms with Gasteiger partial charge >= 0.3 is 6.09 Å². The van der Waals surface area contributed by atoms with Gasteiger partial charge in [0, 0.05) is 12.2 Å². The average Bonchev–Trinajstić information content (AvgIpc) is 2.27. The van der Waals surface area contributed by atoms with Crippen molar-refractivity contribution in [2.45, 2.75) is 6.54 Å². The van der Waals surface area contributed by atoms with E-state index in [1.54, 1.807) is 18.2 Å². The molecule has 0 aliphatic carbocycles. The second-order valence-electron chi connectivity index (χ2n) is 2.88. The van der Waals surface area contributed by atoms with Crippen LogP contribution in [-0.2, 0) is 11.3 Å². The maximum Gasteiger partial charge on any atom is 0.407 e. The van der Waals surface area contributed by atoms with Crippen molar-refractivity contribution in [3.8, 4) is 6.07 Å². The SMILES string of the molecule is COC(=O)NCc1ccc(N)c(C#N)c1. The summed E-state index contributed by atoms with van der Waals surface area (Å²) < 4.78 is 4.41. The number of ether oxygens (including phenoxy) is 1. The normalized spacial score (nSPS) is 9.07. The molecule has 3 N–H and O–H groups in total. The van der Waals surface area contributed by atoms with Gasteiger partial charge in [0.2, 0.25) is 0 Å². The number of nitrogen functional groups attached to an aromatic ring is 1. The molecular weight excluding hydrogens is 194 g/mol. The lowest BCUT2D eigenvalue weighted by atomic mass is 10.1. The summed E-state index contributed by atoms with van der Waals surface area (Å²) in [6.07, 6.45) is -0.509. The Hall–Kier alpha value is -2.22. The van der Waals surface area contributed by atoms with Gasteiger partial charge in [0.25, 0.3) is 0 Å². The van der Waals surface area contributed by atoms with Gasteiger partial charge in [0.05, 0.1) is 12.7 Å². The Bertz CT molecular complexity index is 410. The third kappa shape index (κ3) is 2.88. The monoisotopic (exact) mass is 205 g/mol. The summed E-state index contributed by atoms with van der Waals surface area (Å²) in [6, 6.07) is 6.97. The molecule has 0 spiro atoms. The summed E-state index contributed by atoms with van der Waals surface area (Å²) in [5.74, 6) is 0. The maximum atomic E-state index is 10.8. The first-order valence-electron chi connectivity index (χ1n) is 4.27. The number of amides is 1. The fourth-order valence-corrected chi connectivity index (χ4v) is 1.06. The zero-order valence-corrected chi connectivity index (χ0v) is 8.28. The summed E-state index contributed by atoms with van der Waals surface area (Å²) >= 11 is 0. The minimum absolute atomic E-state index is 0.307. The van der Waals surface area contributed by atoms with Crippen LogP contribution in [0.1, 0.15) is 11.1 Å². The van der Waals surface area contributed by atoms with Crippen molar-refractivity contribution in [2.24, 2.45) is 0 Å². The molecule has 15 heavy (non-hydrogen) atoms. The Balaban J connectivity index is 2.71. The molecule has 5 heteroatoms. The molecule has 0 fully saturated rings. The van der Waals surface area contributed by atoms with Crippen LogP contribution < -0.4 is 11.1 Å². The molecule has 0 bridgehead atoms. The first kappa shape index (κ1) is 10.9. The Kier molecular flexibility index (Phi) is 3.52. The van der Waals surface area contributed by atoms with Gasteiger partial charge in [0.15, 0.2) is 0 Å². The second-order valence-corrected chi connectivity index (χ2v) is 2.88. The predicted octanol–water partition coefficient (Wildman–Crippen LogP) is 0.996. The molecule has 1 rings (SSSR count).